The normalized spacial score (nSPS) is 11.1. The van der Waals surface area contributed by atoms with Gasteiger partial charge < -0.3 is 40.6 Å². The molecule has 5 N–H and O–H groups in total. The molecule has 0 saturated heterocycles. The molecule has 5 aromatic carbocycles. The van der Waals surface area contributed by atoms with Gasteiger partial charge in [-0.25, -0.2) is 4.79 Å². The van der Waals surface area contributed by atoms with E-state index in [1.807, 2.05) is 29.0 Å². The third-order valence-electron chi connectivity index (χ3n) is 9.43. The molecule has 0 fully saturated rings. The van der Waals surface area contributed by atoms with Crippen LogP contribution in [0.4, 0.5) is 32.0 Å². The van der Waals surface area contributed by atoms with Gasteiger partial charge in [0.25, 0.3) is 0 Å². The maximum Gasteiger partial charge on any atom is 1.00 e. The van der Waals surface area contributed by atoms with E-state index in [9.17, 15) is 68.1 Å². The number of phenols is 3. The maximum absolute atomic E-state index is 12.3. The summed E-state index contributed by atoms with van der Waals surface area (Å²) in [4.78, 5) is 22.2. The van der Waals surface area contributed by atoms with E-state index >= 15 is 0 Å². The van der Waals surface area contributed by atoms with Crippen LogP contribution in [0.2, 0.25) is 0 Å². The fourth-order valence-electron chi connectivity index (χ4n) is 5.87. The second-order valence-corrected chi connectivity index (χ2v) is 20.7. The van der Waals surface area contributed by atoms with Crippen molar-refractivity contribution in [2.45, 2.75) is 37.6 Å². The van der Waals surface area contributed by atoms with Gasteiger partial charge in [0.1, 0.15) is 17.2 Å². The Labute approximate surface area is 461 Å². The minimum Gasteiger partial charge on any atom is -1.00 e. The third-order valence-corrected chi connectivity index (χ3v) is 14.5. The minimum atomic E-state index is -5.72. The molecule has 0 aliphatic heterocycles. The first kappa shape index (κ1) is 65.6. The monoisotopic (exact) mass is 1150 g/mol. The molecule has 0 atom stereocenters. The molecule has 0 unspecified atom stereocenters. The Morgan fingerprint density at radius 3 is 1.63 bits per heavy atom. The van der Waals surface area contributed by atoms with Crippen molar-refractivity contribution in [1.82, 2.24) is 0 Å². The van der Waals surface area contributed by atoms with Gasteiger partial charge in [0.15, 0.2) is 5.75 Å². The van der Waals surface area contributed by atoms with Crippen LogP contribution in [0, 0.1) is 0 Å². The molecule has 3 radical (unpaired) electrons. The summed E-state index contributed by atoms with van der Waals surface area (Å²) in [5.41, 5.74) is -8.82. The summed E-state index contributed by atoms with van der Waals surface area (Å²) >= 11 is 4.23. The van der Waals surface area contributed by atoms with Gasteiger partial charge in [0.05, 0.1) is 44.6 Å². The Hall–Kier alpha value is -5.55. The molecule has 0 spiro atoms. The first-order valence-corrected chi connectivity index (χ1v) is 26.0. The van der Waals surface area contributed by atoms with E-state index in [1.54, 1.807) is 72.2 Å². The summed E-state index contributed by atoms with van der Waals surface area (Å²) in [6.45, 7) is 1.66. The summed E-state index contributed by atoms with van der Waals surface area (Å²) in [5, 5.41) is 53.5. The van der Waals surface area contributed by atoms with Gasteiger partial charge in [-0.3, -0.25) is 9.10 Å². The number of carbonyl (C=O) groups excluding carboxylic acids is 2. The summed E-state index contributed by atoms with van der Waals surface area (Å²) in [6.07, 6.45) is 0.126. The SMILES string of the molecule is CCOC(=O)Cc1ccccc1O.CN(c1ccccc1)S(=O)(=O)C(F)(F)F.COC(=O)c1cc(O)c2ccsc2c1.O=S(=O)(Oc1cc(CO)cc2sccc12)C(F)(F)F.OCc1cc(O)c2ccsc2c1.[Al].[H-].[Li+]. The number of alkyl halides is 6. The molecule has 3 heterocycles. The molecule has 8 aromatic rings. The Balaban J connectivity index is 0.000000474. The number of halogens is 6. The quantitative estimate of drug-likeness (QED) is 0.0297. The molecule has 8 rings (SSSR count). The van der Waals surface area contributed by atoms with E-state index < -0.39 is 49.5 Å². The van der Waals surface area contributed by atoms with Gasteiger partial charge in [-0.15, -0.1) is 34.0 Å². The van der Waals surface area contributed by atoms with Crippen molar-refractivity contribution in [3.05, 3.63) is 148 Å². The van der Waals surface area contributed by atoms with Gasteiger partial charge in [-0.2, -0.15) is 43.2 Å². The Bertz CT molecular complexity index is 3360. The van der Waals surface area contributed by atoms with Crippen LogP contribution in [0.1, 0.15) is 35.4 Å². The number of phenolic OH excluding ortho intramolecular Hbond substituents is 3. The molecule has 397 valence electrons. The number of benzene rings is 5. The van der Waals surface area contributed by atoms with Crippen LogP contribution in [0.15, 0.2) is 125 Å². The van der Waals surface area contributed by atoms with E-state index in [1.165, 1.54) is 66.2 Å². The van der Waals surface area contributed by atoms with E-state index in [0.717, 1.165) is 38.8 Å². The van der Waals surface area contributed by atoms with Crippen molar-refractivity contribution in [2.75, 3.05) is 25.1 Å². The zero-order chi connectivity index (χ0) is 54.3. The molecule has 0 bridgehead atoms. The molecule has 0 amide bonds. The minimum absolute atomic E-state index is 0. The van der Waals surface area contributed by atoms with Crippen LogP contribution in [0.5, 0.6) is 23.0 Å². The number of fused-ring (bicyclic) bond motifs is 3. The number of aliphatic hydroxyl groups is 2. The van der Waals surface area contributed by atoms with E-state index in [2.05, 4.69) is 8.92 Å². The summed E-state index contributed by atoms with van der Waals surface area (Å²) < 4.78 is 133. The maximum atomic E-state index is 12.3. The van der Waals surface area contributed by atoms with Gasteiger partial charge in [-0.1, -0.05) is 36.4 Å². The number of hydrogen-bond acceptors (Lipinski definition) is 17. The van der Waals surface area contributed by atoms with Crippen molar-refractivity contribution in [3.8, 4) is 23.0 Å². The van der Waals surface area contributed by atoms with Crippen LogP contribution >= 0.6 is 34.0 Å². The van der Waals surface area contributed by atoms with Crippen LogP contribution < -0.4 is 27.3 Å². The fourth-order valence-corrected chi connectivity index (χ4v) is 9.62. The van der Waals surface area contributed by atoms with Crippen molar-refractivity contribution in [1.29, 1.82) is 0 Å². The average molecular weight is 1160 g/mol. The fraction of sp³-hybridized carbons (Fsp3) is 0.191. The first-order chi connectivity index (χ1) is 34.3. The average Bonchev–Trinajstić information content (AvgIpc) is 4.15. The second-order valence-electron chi connectivity index (χ2n) is 14.4. The summed E-state index contributed by atoms with van der Waals surface area (Å²) in [5.74, 6) is -0.697. The molecule has 15 nitrogen and oxygen atoms in total. The number of methoxy groups -OCH3 is 1. The number of aliphatic hydroxyl groups excluding tert-OH is 2. The molecule has 3 aromatic heterocycles. The number of para-hydroxylation sites is 2. The zero-order valence-corrected chi connectivity index (χ0v) is 44.9. The number of carbonyl (C=O) groups is 2. The van der Waals surface area contributed by atoms with Crippen molar-refractivity contribution < 1.29 is 112 Å². The summed E-state index contributed by atoms with van der Waals surface area (Å²) in [7, 11) is -8.84. The Morgan fingerprint density at radius 1 is 0.653 bits per heavy atom. The molecule has 28 heteroatoms. The number of rotatable bonds is 10. The number of sulfonamides is 1. The van der Waals surface area contributed by atoms with Crippen molar-refractivity contribution >= 4 is 119 Å². The molecule has 0 saturated carbocycles. The Morgan fingerprint density at radius 2 is 1.13 bits per heavy atom. The van der Waals surface area contributed by atoms with E-state index in [4.69, 9.17) is 14.9 Å². The van der Waals surface area contributed by atoms with Crippen LogP contribution in [0.3, 0.4) is 0 Å². The van der Waals surface area contributed by atoms with Gasteiger partial charge >= 0.3 is 62.0 Å². The summed E-state index contributed by atoms with van der Waals surface area (Å²) in [6, 6.07) is 28.2. The number of anilines is 1. The number of nitrogens with zero attached hydrogens (tertiary/aromatic N) is 1. The largest absolute Gasteiger partial charge is 1.00 e. The van der Waals surface area contributed by atoms with E-state index in [-0.39, 0.29) is 94.8 Å². The zero-order valence-electron chi connectivity index (χ0n) is 40.7. The first-order valence-electron chi connectivity index (χ1n) is 20.5. The van der Waals surface area contributed by atoms with Gasteiger partial charge in [0, 0.05) is 60.2 Å². The second kappa shape index (κ2) is 29.1. The van der Waals surface area contributed by atoms with Crippen molar-refractivity contribution in [2.24, 2.45) is 0 Å². The van der Waals surface area contributed by atoms with Gasteiger partial charge in [-0.05, 0) is 107 Å². The van der Waals surface area contributed by atoms with Crippen LogP contribution in [-0.2, 0) is 54.0 Å². The van der Waals surface area contributed by atoms with Gasteiger partial charge in [0.2, 0.25) is 0 Å². The van der Waals surface area contributed by atoms with Crippen LogP contribution in [0.25, 0.3) is 30.3 Å². The predicted molar refractivity (Wildman–Crippen MR) is 273 cm³/mol. The van der Waals surface area contributed by atoms with Crippen LogP contribution in [-0.4, -0.2) is 103 Å². The predicted octanol–water partition coefficient (Wildman–Crippen LogP) is 7.32. The molecular formula is C47H44AlF6LiNO14S5. The molecule has 75 heavy (non-hydrogen) atoms. The molecular weight excluding hydrogens is 1110 g/mol. The third kappa shape index (κ3) is 18.0. The number of aromatic hydroxyl groups is 3. The number of thiophene rings is 3. The molecule has 0 aliphatic carbocycles. The molecule has 0 aliphatic rings. The Kier molecular flexibility index (Phi) is 25.4. The topological polar surface area (TPSA) is 234 Å². The number of esters is 2. The standard InChI is InChI=1S/C10H7F3O4S2.C10H8O3S.C10H12O3.C9H8O2S.C8H8F3NO2S.Al.Li.H/c11-10(12,13)19(15,16)17-8-3-6(5-14)4-9-7(8)1-2-18-9;1-13-10(12)6-4-8(11)7-2-3-14-9(7)5-6;1-2-13-10(12)7-8-5-3-4-6-9(8)11;10-5-6-3-8(11)7-1-2-12-9(7)4-6;1-12(7-5-3-2-4-6-7)15(13,14)8(9,10)11;;;/h1-4,14H,5H2;2-5,11H,1H3;3-6,11H,2,7H2,1H3;1-4,10-11H,5H2;2-6H,1H3;;;/q;;;;;;+1;-1. The number of hydrogen-bond donors (Lipinski definition) is 5. The number of ether oxygens (including phenoxy) is 2. The smallest absolute Gasteiger partial charge is 1.00 e. The van der Waals surface area contributed by atoms with E-state index in [0.29, 0.717) is 22.4 Å². The van der Waals surface area contributed by atoms with Crippen molar-refractivity contribution in [3.63, 3.8) is 0 Å².